The topological polar surface area (TPSA) is 65.4 Å². The second kappa shape index (κ2) is 5.93. The maximum Gasteiger partial charge on any atom is 0.130 e. The number of rotatable bonds is 5. The lowest BCUT2D eigenvalue weighted by atomic mass is 9.97. The molecule has 6 heteroatoms. The number of aliphatic hydroxyl groups is 2. The van der Waals surface area contributed by atoms with E-state index < -0.39 is 5.60 Å². The lowest BCUT2D eigenvalue weighted by molar-refractivity contribution is 0.0558. The summed E-state index contributed by atoms with van der Waals surface area (Å²) in [5.74, 6) is 0. The van der Waals surface area contributed by atoms with E-state index in [1.165, 1.54) is 0 Å². The maximum absolute atomic E-state index is 10.2. The normalized spacial score (nSPS) is 14.8. The summed E-state index contributed by atoms with van der Waals surface area (Å²) in [6, 6.07) is 3.33. The highest BCUT2D eigenvalue weighted by Crippen LogP contribution is 2.24. The third-order valence-corrected chi connectivity index (χ3v) is 2.74. The first-order chi connectivity index (χ1) is 7.45. The highest BCUT2D eigenvalue weighted by molar-refractivity contribution is 9.10. The second-order valence-corrected chi connectivity index (χ2v) is 4.88. The van der Waals surface area contributed by atoms with E-state index in [2.05, 4.69) is 26.2 Å². The molecule has 1 aromatic rings. The van der Waals surface area contributed by atoms with Crippen LogP contribution in [-0.4, -0.2) is 34.9 Å². The summed E-state index contributed by atoms with van der Waals surface area (Å²) in [5, 5.41) is 22.1. The molecule has 0 aliphatic rings. The summed E-state index contributed by atoms with van der Waals surface area (Å²) in [7, 11) is 0. The maximum atomic E-state index is 10.2. The molecule has 0 radical (unpaired) electrons. The van der Waals surface area contributed by atoms with E-state index in [-0.39, 0.29) is 6.61 Å². The van der Waals surface area contributed by atoms with Crippen LogP contribution >= 0.6 is 27.5 Å². The van der Waals surface area contributed by atoms with Gasteiger partial charge in [-0.1, -0.05) is 11.6 Å². The molecule has 0 saturated heterocycles. The van der Waals surface area contributed by atoms with Crippen LogP contribution in [-0.2, 0) is 5.60 Å². The van der Waals surface area contributed by atoms with Gasteiger partial charge in [0.05, 0.1) is 12.2 Å². The Bertz CT molecular complexity index is 340. The van der Waals surface area contributed by atoms with E-state index in [0.717, 1.165) is 0 Å². The van der Waals surface area contributed by atoms with E-state index in [1.54, 1.807) is 19.1 Å². The molecule has 0 aliphatic carbocycles. The minimum atomic E-state index is -1.05. The highest BCUT2D eigenvalue weighted by Gasteiger charge is 2.23. The standard InChI is InChI=1S/C10H14BrClN2O2/c1-10(16,6-13-2-3-15)7-4-8(11)14-9(12)5-7/h4-5,13,15-16H,2-3,6H2,1H3. The Morgan fingerprint density at radius 1 is 1.56 bits per heavy atom. The summed E-state index contributed by atoms with van der Waals surface area (Å²) in [5.41, 5.74) is -0.380. The number of halogens is 2. The molecule has 1 atom stereocenters. The summed E-state index contributed by atoms with van der Waals surface area (Å²) < 4.78 is 0.581. The Balaban J connectivity index is 2.80. The fraction of sp³-hybridized carbons (Fsp3) is 0.500. The molecule has 90 valence electrons. The van der Waals surface area contributed by atoms with Gasteiger partial charge >= 0.3 is 0 Å². The molecule has 1 rings (SSSR count). The molecular weight excluding hydrogens is 295 g/mol. The fourth-order valence-corrected chi connectivity index (χ4v) is 2.04. The molecule has 0 aromatic carbocycles. The minimum absolute atomic E-state index is 0.0386. The minimum Gasteiger partial charge on any atom is -0.395 e. The van der Waals surface area contributed by atoms with Gasteiger partial charge in [0.25, 0.3) is 0 Å². The van der Waals surface area contributed by atoms with Crippen molar-refractivity contribution in [2.75, 3.05) is 19.7 Å². The van der Waals surface area contributed by atoms with Crippen molar-refractivity contribution in [3.8, 4) is 0 Å². The molecule has 16 heavy (non-hydrogen) atoms. The SMILES string of the molecule is CC(O)(CNCCO)c1cc(Cl)nc(Br)c1. The number of nitrogens with zero attached hydrogens (tertiary/aromatic N) is 1. The van der Waals surface area contributed by atoms with Crippen molar-refractivity contribution in [2.45, 2.75) is 12.5 Å². The zero-order valence-corrected chi connectivity index (χ0v) is 11.2. The zero-order valence-electron chi connectivity index (χ0n) is 8.87. The van der Waals surface area contributed by atoms with Crippen LogP contribution in [0.4, 0.5) is 0 Å². The van der Waals surface area contributed by atoms with Gasteiger partial charge in [-0.05, 0) is 40.5 Å². The van der Waals surface area contributed by atoms with Crippen LogP contribution in [0.2, 0.25) is 5.15 Å². The quantitative estimate of drug-likeness (QED) is 0.566. The molecule has 1 aromatic heterocycles. The van der Waals surface area contributed by atoms with Crippen molar-refractivity contribution in [1.29, 1.82) is 0 Å². The van der Waals surface area contributed by atoms with E-state index in [9.17, 15) is 5.11 Å². The molecule has 0 amide bonds. The number of hydrogen-bond acceptors (Lipinski definition) is 4. The molecule has 1 unspecified atom stereocenters. The van der Waals surface area contributed by atoms with Gasteiger partial charge in [-0.25, -0.2) is 4.98 Å². The predicted octanol–water partition coefficient (Wildman–Crippen LogP) is 1.29. The number of nitrogens with one attached hydrogen (secondary N) is 1. The zero-order chi connectivity index (χ0) is 12.2. The van der Waals surface area contributed by atoms with Gasteiger partial charge in [-0.3, -0.25) is 0 Å². The van der Waals surface area contributed by atoms with Crippen LogP contribution in [0.3, 0.4) is 0 Å². The van der Waals surface area contributed by atoms with Crippen molar-refractivity contribution in [2.24, 2.45) is 0 Å². The summed E-state index contributed by atoms with van der Waals surface area (Å²) in [4.78, 5) is 3.95. The molecule has 1 heterocycles. The highest BCUT2D eigenvalue weighted by atomic mass is 79.9. The third kappa shape index (κ3) is 3.99. The molecule has 0 aliphatic heterocycles. The Morgan fingerprint density at radius 2 is 2.25 bits per heavy atom. The van der Waals surface area contributed by atoms with Crippen molar-refractivity contribution >= 4 is 27.5 Å². The fourth-order valence-electron chi connectivity index (χ4n) is 1.29. The van der Waals surface area contributed by atoms with Crippen molar-refractivity contribution < 1.29 is 10.2 Å². The van der Waals surface area contributed by atoms with Crippen molar-refractivity contribution in [3.05, 3.63) is 27.5 Å². The first kappa shape index (κ1) is 13.9. The molecule has 0 bridgehead atoms. The van der Waals surface area contributed by atoms with Crippen molar-refractivity contribution in [3.63, 3.8) is 0 Å². The van der Waals surface area contributed by atoms with E-state index >= 15 is 0 Å². The number of aliphatic hydroxyl groups excluding tert-OH is 1. The predicted molar refractivity (Wildman–Crippen MR) is 66.5 cm³/mol. The second-order valence-electron chi connectivity index (χ2n) is 3.68. The van der Waals surface area contributed by atoms with Crippen LogP contribution in [0.1, 0.15) is 12.5 Å². The Labute approximate surface area is 108 Å². The van der Waals surface area contributed by atoms with Crippen molar-refractivity contribution in [1.82, 2.24) is 10.3 Å². The Kier molecular flexibility index (Phi) is 5.14. The molecule has 4 nitrogen and oxygen atoms in total. The van der Waals surface area contributed by atoms with Gasteiger partial charge < -0.3 is 15.5 Å². The summed E-state index contributed by atoms with van der Waals surface area (Å²) in [6.07, 6.45) is 0. The molecule has 0 fully saturated rings. The average Bonchev–Trinajstić information content (AvgIpc) is 2.16. The monoisotopic (exact) mass is 308 g/mol. The largest absolute Gasteiger partial charge is 0.395 e. The van der Waals surface area contributed by atoms with Crippen LogP contribution in [0.25, 0.3) is 0 Å². The Morgan fingerprint density at radius 3 is 2.81 bits per heavy atom. The van der Waals surface area contributed by atoms with E-state index in [1.807, 2.05) is 0 Å². The number of aromatic nitrogens is 1. The molecule has 0 saturated carbocycles. The third-order valence-electron chi connectivity index (χ3n) is 2.14. The smallest absolute Gasteiger partial charge is 0.130 e. The lowest BCUT2D eigenvalue weighted by Gasteiger charge is -2.24. The first-order valence-electron chi connectivity index (χ1n) is 4.83. The summed E-state index contributed by atoms with van der Waals surface area (Å²) >= 11 is 9.03. The average molecular weight is 310 g/mol. The molecule has 3 N–H and O–H groups in total. The van der Waals surface area contributed by atoms with Crippen LogP contribution in [0.15, 0.2) is 16.7 Å². The van der Waals surface area contributed by atoms with Gasteiger partial charge in [0.2, 0.25) is 0 Å². The van der Waals surface area contributed by atoms with E-state index in [4.69, 9.17) is 16.7 Å². The van der Waals surface area contributed by atoms with Crippen LogP contribution < -0.4 is 5.32 Å². The lowest BCUT2D eigenvalue weighted by Crippen LogP contribution is -2.36. The van der Waals surface area contributed by atoms with Gasteiger partial charge in [0, 0.05) is 13.1 Å². The van der Waals surface area contributed by atoms with Gasteiger partial charge in [-0.15, -0.1) is 0 Å². The van der Waals surface area contributed by atoms with Gasteiger partial charge in [0.15, 0.2) is 0 Å². The van der Waals surface area contributed by atoms with E-state index in [0.29, 0.717) is 28.4 Å². The summed E-state index contributed by atoms with van der Waals surface area (Å²) in [6.45, 7) is 2.49. The number of hydrogen-bond donors (Lipinski definition) is 3. The molecular formula is C10H14BrClN2O2. The van der Waals surface area contributed by atoms with Gasteiger partial charge in [0.1, 0.15) is 9.76 Å². The molecule has 0 spiro atoms. The number of pyridine rings is 1. The van der Waals surface area contributed by atoms with Gasteiger partial charge in [-0.2, -0.15) is 0 Å². The van der Waals surface area contributed by atoms with Crippen LogP contribution in [0.5, 0.6) is 0 Å². The Hall–Kier alpha value is -0.200. The first-order valence-corrected chi connectivity index (χ1v) is 6.00. The van der Waals surface area contributed by atoms with Crippen LogP contribution in [0, 0.1) is 0 Å².